The van der Waals surface area contributed by atoms with E-state index in [-0.39, 0.29) is 12.1 Å². The molecule has 2 fully saturated rings. The van der Waals surface area contributed by atoms with Crippen LogP contribution in [0.25, 0.3) is 0 Å². The molecule has 2 nitrogen and oxygen atoms in total. The van der Waals surface area contributed by atoms with Crippen LogP contribution in [-0.4, -0.2) is 17.0 Å². The number of hydrogen-bond acceptors (Lipinski definition) is 2. The Bertz CT molecular complexity index is 474. The Hall–Kier alpha value is -1.04. The van der Waals surface area contributed by atoms with Crippen LogP contribution in [-0.2, 0) is 0 Å². The predicted octanol–water partition coefficient (Wildman–Crippen LogP) is 3.92. The molecule has 3 unspecified atom stereocenters. The highest BCUT2D eigenvalue weighted by molar-refractivity contribution is 6.31. The number of nitrogens with zero attached hydrogens (tertiary/aromatic N) is 2. The second-order valence-corrected chi connectivity index (χ2v) is 5.69. The molecule has 94 valence electrons. The number of nitriles is 1. The first-order valence-electron chi connectivity index (χ1n) is 6.74. The Kier molecular flexibility index (Phi) is 3.28. The lowest BCUT2D eigenvalue weighted by Gasteiger charge is -2.23. The van der Waals surface area contributed by atoms with E-state index in [1.165, 1.54) is 32.1 Å². The van der Waals surface area contributed by atoms with Crippen LogP contribution in [0, 0.1) is 11.3 Å². The zero-order valence-electron chi connectivity index (χ0n) is 10.3. The second-order valence-electron chi connectivity index (χ2n) is 5.28. The van der Waals surface area contributed by atoms with E-state index < -0.39 is 0 Å². The van der Waals surface area contributed by atoms with Crippen LogP contribution in [0.3, 0.4) is 0 Å². The van der Waals surface area contributed by atoms with Gasteiger partial charge in [0.15, 0.2) is 0 Å². The van der Waals surface area contributed by atoms with Crippen LogP contribution >= 0.6 is 11.6 Å². The van der Waals surface area contributed by atoms with Crippen LogP contribution in [0.1, 0.15) is 43.7 Å². The van der Waals surface area contributed by atoms with Gasteiger partial charge >= 0.3 is 0 Å². The monoisotopic (exact) mass is 260 g/mol. The fourth-order valence-corrected chi connectivity index (χ4v) is 3.51. The largest absolute Gasteiger partial charge is 0.274 e. The van der Waals surface area contributed by atoms with E-state index in [1.807, 2.05) is 18.2 Å². The van der Waals surface area contributed by atoms with Crippen LogP contribution in [0.15, 0.2) is 24.3 Å². The molecule has 1 aromatic carbocycles. The molecule has 0 radical (unpaired) electrons. The van der Waals surface area contributed by atoms with Crippen molar-refractivity contribution in [2.45, 2.75) is 50.2 Å². The maximum Gasteiger partial charge on any atom is 0.119 e. The minimum absolute atomic E-state index is 0.0352. The molecule has 18 heavy (non-hydrogen) atoms. The van der Waals surface area contributed by atoms with Gasteiger partial charge in [-0.25, -0.2) is 0 Å². The highest BCUT2D eigenvalue weighted by Gasteiger charge is 2.53. The Morgan fingerprint density at radius 1 is 1.17 bits per heavy atom. The summed E-state index contributed by atoms with van der Waals surface area (Å²) in [6.45, 7) is 0. The molecule has 3 atom stereocenters. The van der Waals surface area contributed by atoms with Crippen molar-refractivity contribution in [2.75, 3.05) is 0 Å². The molecule has 0 spiro atoms. The minimum atomic E-state index is 0.0352. The third-order valence-corrected chi connectivity index (χ3v) is 4.55. The van der Waals surface area contributed by atoms with Crippen molar-refractivity contribution in [3.8, 4) is 6.07 Å². The summed E-state index contributed by atoms with van der Waals surface area (Å²) >= 11 is 6.25. The lowest BCUT2D eigenvalue weighted by atomic mass is 9.95. The van der Waals surface area contributed by atoms with E-state index in [0.29, 0.717) is 6.04 Å². The molecule has 0 amide bonds. The topological polar surface area (TPSA) is 26.8 Å². The lowest BCUT2D eigenvalue weighted by molar-refractivity contribution is 0.276. The fraction of sp³-hybridized carbons (Fsp3) is 0.533. The summed E-state index contributed by atoms with van der Waals surface area (Å²) < 4.78 is 0. The van der Waals surface area contributed by atoms with E-state index in [1.54, 1.807) is 0 Å². The molecule has 3 rings (SSSR count). The van der Waals surface area contributed by atoms with Gasteiger partial charge in [-0.15, -0.1) is 0 Å². The van der Waals surface area contributed by atoms with E-state index in [0.717, 1.165) is 10.6 Å². The quantitative estimate of drug-likeness (QED) is 0.754. The summed E-state index contributed by atoms with van der Waals surface area (Å²) in [5.74, 6) is 0. The Balaban J connectivity index is 1.81. The molecule has 1 aliphatic carbocycles. The molecule has 0 N–H and O–H groups in total. The molecule has 1 saturated heterocycles. The summed E-state index contributed by atoms with van der Waals surface area (Å²) in [6.07, 6.45) is 6.42. The van der Waals surface area contributed by atoms with Gasteiger partial charge in [-0.3, -0.25) is 4.90 Å². The Morgan fingerprint density at radius 2 is 1.89 bits per heavy atom. The average molecular weight is 261 g/mol. The lowest BCUT2D eigenvalue weighted by Crippen LogP contribution is -2.23. The van der Waals surface area contributed by atoms with Gasteiger partial charge in [0.05, 0.1) is 12.1 Å². The van der Waals surface area contributed by atoms with Gasteiger partial charge in [0, 0.05) is 11.1 Å². The van der Waals surface area contributed by atoms with Crippen LogP contribution < -0.4 is 0 Å². The number of hydrogen-bond donors (Lipinski definition) is 0. The Labute approximate surface area is 113 Å². The number of benzene rings is 1. The summed E-state index contributed by atoms with van der Waals surface area (Å²) in [5.41, 5.74) is 1.12. The van der Waals surface area contributed by atoms with Crippen molar-refractivity contribution in [2.24, 2.45) is 0 Å². The summed E-state index contributed by atoms with van der Waals surface area (Å²) in [6, 6.07) is 11.2. The van der Waals surface area contributed by atoms with Crippen molar-refractivity contribution >= 4 is 11.6 Å². The van der Waals surface area contributed by atoms with Crippen molar-refractivity contribution in [3.63, 3.8) is 0 Å². The zero-order chi connectivity index (χ0) is 12.5. The molecule has 1 aliphatic heterocycles. The van der Waals surface area contributed by atoms with Crippen LogP contribution in [0.4, 0.5) is 0 Å². The summed E-state index contributed by atoms with van der Waals surface area (Å²) in [4.78, 5) is 2.36. The van der Waals surface area contributed by atoms with Crippen molar-refractivity contribution in [3.05, 3.63) is 34.9 Å². The zero-order valence-corrected chi connectivity index (χ0v) is 11.1. The standard InChI is InChI=1S/C15H17ClN2/c16-13-9-5-4-8-12(13)15-14(10-17)18(15)11-6-2-1-3-7-11/h4-5,8-9,11,14-15H,1-3,6-7H2. The summed E-state index contributed by atoms with van der Waals surface area (Å²) in [7, 11) is 0. The first-order chi connectivity index (χ1) is 8.83. The molecule has 3 heteroatoms. The fourth-order valence-electron chi connectivity index (χ4n) is 3.26. The van der Waals surface area contributed by atoms with Crippen molar-refractivity contribution in [1.29, 1.82) is 5.26 Å². The summed E-state index contributed by atoms with van der Waals surface area (Å²) in [5, 5.41) is 10.1. The maximum absolute atomic E-state index is 9.29. The highest BCUT2D eigenvalue weighted by atomic mass is 35.5. The molecule has 1 heterocycles. The molecule has 2 aliphatic rings. The van der Waals surface area contributed by atoms with E-state index in [9.17, 15) is 5.26 Å². The van der Waals surface area contributed by atoms with Gasteiger partial charge in [-0.1, -0.05) is 49.1 Å². The van der Waals surface area contributed by atoms with Crippen molar-refractivity contribution < 1.29 is 0 Å². The van der Waals surface area contributed by atoms with Gasteiger partial charge in [0.1, 0.15) is 6.04 Å². The molecule has 0 bridgehead atoms. The highest BCUT2D eigenvalue weighted by Crippen LogP contribution is 2.49. The van der Waals surface area contributed by atoms with E-state index >= 15 is 0 Å². The van der Waals surface area contributed by atoms with E-state index in [2.05, 4.69) is 17.0 Å². The second kappa shape index (κ2) is 4.91. The maximum atomic E-state index is 9.29. The van der Waals surface area contributed by atoms with E-state index in [4.69, 9.17) is 11.6 Å². The normalized spacial score (nSPS) is 31.9. The van der Waals surface area contributed by atoms with Gasteiger partial charge in [0.2, 0.25) is 0 Å². The molecule has 1 aromatic rings. The SMILES string of the molecule is N#CC1C(c2ccccc2Cl)N1C1CCCCC1. The van der Waals surface area contributed by atoms with Crippen molar-refractivity contribution in [1.82, 2.24) is 4.90 Å². The van der Waals surface area contributed by atoms with Crippen LogP contribution in [0.5, 0.6) is 0 Å². The predicted molar refractivity (Wildman–Crippen MR) is 72.3 cm³/mol. The van der Waals surface area contributed by atoms with Gasteiger partial charge in [0.25, 0.3) is 0 Å². The van der Waals surface area contributed by atoms with Gasteiger partial charge in [-0.2, -0.15) is 5.26 Å². The number of halogens is 1. The molecular formula is C15H17ClN2. The molecule has 1 saturated carbocycles. The first kappa shape index (κ1) is 12.0. The third-order valence-electron chi connectivity index (χ3n) is 4.20. The smallest absolute Gasteiger partial charge is 0.119 e. The third kappa shape index (κ3) is 2.02. The first-order valence-corrected chi connectivity index (χ1v) is 7.12. The molecular weight excluding hydrogens is 244 g/mol. The average Bonchev–Trinajstić information content (AvgIpc) is 3.14. The number of rotatable bonds is 2. The van der Waals surface area contributed by atoms with Gasteiger partial charge in [-0.05, 0) is 24.5 Å². The molecule has 0 aromatic heterocycles. The van der Waals surface area contributed by atoms with Crippen LogP contribution in [0.2, 0.25) is 5.02 Å². The Morgan fingerprint density at radius 3 is 2.56 bits per heavy atom. The van der Waals surface area contributed by atoms with Gasteiger partial charge < -0.3 is 0 Å². The minimum Gasteiger partial charge on any atom is -0.274 e.